The van der Waals surface area contributed by atoms with Crippen LogP contribution in [0, 0.1) is 0 Å². The average Bonchev–Trinajstić information content (AvgIpc) is 3.15. The maximum atomic E-state index is 12.4. The minimum Gasteiger partial charge on any atom is -0.378 e. The molecule has 1 amide bonds. The molecule has 1 aliphatic rings. The molecule has 1 fully saturated rings. The smallest absolute Gasteiger partial charge is 0.256 e. The lowest BCUT2D eigenvalue weighted by Gasteiger charge is -2.18. The van der Waals surface area contributed by atoms with Crippen LogP contribution in [0.2, 0.25) is 0 Å². The maximum absolute atomic E-state index is 12.4. The molecule has 0 unspecified atom stereocenters. The van der Waals surface area contributed by atoms with Gasteiger partial charge in [-0.3, -0.25) is 9.78 Å². The molecule has 2 aromatic rings. The van der Waals surface area contributed by atoms with E-state index in [-0.39, 0.29) is 5.91 Å². The molecule has 126 valence electrons. The molecule has 6 heteroatoms. The van der Waals surface area contributed by atoms with Crippen molar-refractivity contribution >= 4 is 5.91 Å². The van der Waals surface area contributed by atoms with Gasteiger partial charge in [-0.15, -0.1) is 0 Å². The number of carbonyl (C=O) groups excluding carboxylic acids is 1. The topological polar surface area (TPSA) is 68.2 Å². The second-order valence-corrected chi connectivity index (χ2v) is 6.04. The largest absolute Gasteiger partial charge is 0.378 e. The highest BCUT2D eigenvalue weighted by atomic mass is 16.5. The van der Waals surface area contributed by atoms with Crippen LogP contribution in [0.5, 0.6) is 0 Å². The molecule has 0 aliphatic carbocycles. The Hall–Kier alpha value is -2.34. The standard InChI is InChI=1S/C18H22N4O2/c1-22(9-3-6-16-7-4-10-24-16)18(23)15-12-20-17(21-13-15)14-5-2-8-19-11-14/h2,5,8,11-13,16H,3-4,6-7,9-10H2,1H3/t16-/m1/s1. The Balaban J connectivity index is 1.54. The summed E-state index contributed by atoms with van der Waals surface area (Å²) in [5, 5.41) is 0. The van der Waals surface area contributed by atoms with E-state index in [1.54, 1.807) is 29.7 Å². The van der Waals surface area contributed by atoms with E-state index in [0.717, 1.165) is 37.9 Å². The number of aromatic nitrogens is 3. The summed E-state index contributed by atoms with van der Waals surface area (Å²) in [7, 11) is 1.81. The lowest BCUT2D eigenvalue weighted by molar-refractivity contribution is 0.0762. The summed E-state index contributed by atoms with van der Waals surface area (Å²) in [5.74, 6) is 0.515. The molecule has 0 aromatic carbocycles. The highest BCUT2D eigenvalue weighted by Gasteiger charge is 2.17. The number of pyridine rings is 1. The summed E-state index contributed by atoms with van der Waals surface area (Å²) in [6, 6.07) is 3.72. The Morgan fingerprint density at radius 1 is 1.33 bits per heavy atom. The molecule has 0 N–H and O–H groups in total. The summed E-state index contributed by atoms with van der Waals surface area (Å²) in [6.45, 7) is 1.59. The molecule has 2 aromatic heterocycles. The Morgan fingerprint density at radius 2 is 2.17 bits per heavy atom. The van der Waals surface area contributed by atoms with E-state index in [9.17, 15) is 4.79 Å². The van der Waals surface area contributed by atoms with Crippen molar-refractivity contribution in [2.45, 2.75) is 31.8 Å². The second kappa shape index (κ2) is 7.97. The van der Waals surface area contributed by atoms with Crippen molar-refractivity contribution in [1.29, 1.82) is 0 Å². The van der Waals surface area contributed by atoms with Crippen LogP contribution in [0.25, 0.3) is 11.4 Å². The fourth-order valence-electron chi connectivity index (χ4n) is 2.83. The minimum atomic E-state index is -0.0555. The minimum absolute atomic E-state index is 0.0555. The molecule has 1 atom stereocenters. The van der Waals surface area contributed by atoms with Crippen LogP contribution in [0.4, 0.5) is 0 Å². The molecule has 3 rings (SSSR count). The Labute approximate surface area is 141 Å². The van der Waals surface area contributed by atoms with Crippen LogP contribution in [0.3, 0.4) is 0 Å². The van der Waals surface area contributed by atoms with Gasteiger partial charge in [-0.25, -0.2) is 9.97 Å². The highest BCUT2D eigenvalue weighted by molar-refractivity contribution is 5.93. The second-order valence-electron chi connectivity index (χ2n) is 6.04. The number of hydrogen-bond acceptors (Lipinski definition) is 5. The van der Waals surface area contributed by atoms with Gasteiger partial charge < -0.3 is 9.64 Å². The summed E-state index contributed by atoms with van der Waals surface area (Å²) in [5.41, 5.74) is 1.34. The fourth-order valence-corrected chi connectivity index (χ4v) is 2.83. The summed E-state index contributed by atoms with van der Waals surface area (Å²) in [4.78, 5) is 26.7. The molecule has 1 saturated heterocycles. The van der Waals surface area contributed by atoms with Crippen molar-refractivity contribution in [1.82, 2.24) is 19.9 Å². The maximum Gasteiger partial charge on any atom is 0.256 e. The number of ether oxygens (including phenoxy) is 1. The van der Waals surface area contributed by atoms with Gasteiger partial charge in [0, 0.05) is 50.6 Å². The first kappa shape index (κ1) is 16.5. The van der Waals surface area contributed by atoms with Crippen LogP contribution >= 0.6 is 0 Å². The van der Waals surface area contributed by atoms with Gasteiger partial charge in [-0.05, 0) is 37.8 Å². The van der Waals surface area contributed by atoms with E-state index in [2.05, 4.69) is 15.0 Å². The monoisotopic (exact) mass is 326 g/mol. The third-order valence-electron chi connectivity index (χ3n) is 4.21. The van der Waals surface area contributed by atoms with Gasteiger partial charge in [0.25, 0.3) is 5.91 Å². The third kappa shape index (κ3) is 4.14. The summed E-state index contributed by atoms with van der Waals surface area (Å²) >= 11 is 0. The number of rotatable bonds is 6. The molecule has 3 heterocycles. The van der Waals surface area contributed by atoms with Crippen molar-refractivity contribution in [2.24, 2.45) is 0 Å². The molecule has 0 bridgehead atoms. The van der Waals surface area contributed by atoms with Gasteiger partial charge in [-0.2, -0.15) is 0 Å². The zero-order chi connectivity index (χ0) is 16.8. The van der Waals surface area contributed by atoms with Gasteiger partial charge in [0.05, 0.1) is 11.7 Å². The first-order valence-corrected chi connectivity index (χ1v) is 8.33. The number of hydrogen-bond donors (Lipinski definition) is 0. The molecule has 1 aliphatic heterocycles. The van der Waals surface area contributed by atoms with Gasteiger partial charge in [-0.1, -0.05) is 0 Å². The van der Waals surface area contributed by atoms with Crippen LogP contribution in [-0.4, -0.2) is 52.1 Å². The van der Waals surface area contributed by atoms with Gasteiger partial charge >= 0.3 is 0 Å². The number of nitrogens with zero attached hydrogens (tertiary/aromatic N) is 4. The van der Waals surface area contributed by atoms with Gasteiger partial charge in [0.1, 0.15) is 0 Å². The zero-order valence-electron chi connectivity index (χ0n) is 13.9. The molecule has 0 radical (unpaired) electrons. The van der Waals surface area contributed by atoms with Crippen molar-refractivity contribution in [3.05, 3.63) is 42.5 Å². The van der Waals surface area contributed by atoms with Crippen LogP contribution in [-0.2, 0) is 4.74 Å². The molecular formula is C18H22N4O2. The van der Waals surface area contributed by atoms with E-state index in [4.69, 9.17) is 4.74 Å². The predicted molar refractivity (Wildman–Crippen MR) is 90.4 cm³/mol. The molecule has 0 spiro atoms. The number of carbonyl (C=O) groups is 1. The first-order valence-electron chi connectivity index (χ1n) is 8.33. The van der Waals surface area contributed by atoms with Crippen LogP contribution < -0.4 is 0 Å². The quantitative estimate of drug-likeness (QED) is 0.816. The average molecular weight is 326 g/mol. The van der Waals surface area contributed by atoms with E-state index < -0.39 is 0 Å². The van der Waals surface area contributed by atoms with E-state index in [1.165, 1.54) is 0 Å². The summed E-state index contributed by atoms with van der Waals surface area (Å²) < 4.78 is 5.61. The van der Waals surface area contributed by atoms with Crippen LogP contribution in [0.15, 0.2) is 36.9 Å². The van der Waals surface area contributed by atoms with Crippen molar-refractivity contribution in [2.75, 3.05) is 20.2 Å². The third-order valence-corrected chi connectivity index (χ3v) is 4.21. The molecule has 0 saturated carbocycles. The first-order chi connectivity index (χ1) is 11.7. The van der Waals surface area contributed by atoms with E-state index in [0.29, 0.717) is 24.0 Å². The van der Waals surface area contributed by atoms with Gasteiger partial charge in [0.2, 0.25) is 0 Å². The predicted octanol–water partition coefficient (Wildman–Crippen LogP) is 2.57. The van der Waals surface area contributed by atoms with Crippen LogP contribution in [0.1, 0.15) is 36.0 Å². The zero-order valence-corrected chi connectivity index (χ0v) is 13.9. The Kier molecular flexibility index (Phi) is 5.48. The molecular weight excluding hydrogens is 304 g/mol. The molecule has 6 nitrogen and oxygen atoms in total. The number of amides is 1. The lowest BCUT2D eigenvalue weighted by Crippen LogP contribution is -2.28. The van der Waals surface area contributed by atoms with Crippen molar-refractivity contribution < 1.29 is 9.53 Å². The lowest BCUT2D eigenvalue weighted by atomic mass is 10.1. The Morgan fingerprint density at radius 3 is 2.83 bits per heavy atom. The highest BCUT2D eigenvalue weighted by Crippen LogP contribution is 2.17. The van der Waals surface area contributed by atoms with E-state index >= 15 is 0 Å². The normalized spacial score (nSPS) is 17.0. The SMILES string of the molecule is CN(CCC[C@@H]1CCCO1)C(=O)c1cnc(-c2cccnc2)nc1. The fraction of sp³-hybridized carbons (Fsp3) is 0.444. The van der Waals surface area contributed by atoms with Crippen molar-refractivity contribution in [3.63, 3.8) is 0 Å². The molecule has 24 heavy (non-hydrogen) atoms. The van der Waals surface area contributed by atoms with Gasteiger partial charge in [0.15, 0.2) is 5.82 Å². The van der Waals surface area contributed by atoms with Crippen molar-refractivity contribution in [3.8, 4) is 11.4 Å². The summed E-state index contributed by atoms with van der Waals surface area (Å²) in [6.07, 6.45) is 11.2. The van der Waals surface area contributed by atoms with E-state index in [1.807, 2.05) is 19.2 Å². The Bertz CT molecular complexity index is 654.